The molecule has 1 aliphatic rings. The minimum absolute atomic E-state index is 0.936. The predicted octanol–water partition coefficient (Wildman–Crippen LogP) is 6.71. The van der Waals surface area contributed by atoms with Crippen LogP contribution in [0.2, 0.25) is 0 Å². The second-order valence-corrected chi connectivity index (χ2v) is 8.30. The molecule has 32 heavy (non-hydrogen) atoms. The van der Waals surface area contributed by atoms with Crippen molar-refractivity contribution < 1.29 is 0 Å². The lowest BCUT2D eigenvalue weighted by molar-refractivity contribution is 1.21. The minimum Gasteiger partial charge on any atom is -0.143 e. The van der Waals surface area contributed by atoms with Gasteiger partial charge in [-0.25, -0.2) is 0 Å². The summed E-state index contributed by atoms with van der Waals surface area (Å²) in [6.45, 7) is 4.20. The Kier molecular flexibility index (Phi) is 6.68. The minimum atomic E-state index is 0.936. The van der Waals surface area contributed by atoms with Crippen molar-refractivity contribution in [3.05, 3.63) is 123 Å². The van der Waals surface area contributed by atoms with Crippen LogP contribution < -0.4 is 0 Å². The van der Waals surface area contributed by atoms with Gasteiger partial charge in [-0.05, 0) is 86.1 Å². The molecule has 0 nitrogen and oxygen atoms in total. The summed E-state index contributed by atoms with van der Waals surface area (Å²) in [4.78, 5) is 0.936. The first-order valence-corrected chi connectivity index (χ1v) is 10.9. The standard InChI is InChI=1S/C31H22S/c1-23-3-4-28(21-23)11-9-25-5-7-26(8-6-25)13-17-30-18-14-29(22-24(30)2)12-10-27-15-19-31(32)20-16-27/h3-8,14-16,18-20,22,32H,21H2,1-2H3. The molecule has 0 saturated carbocycles. The lowest BCUT2D eigenvalue weighted by Gasteiger charge is -1.99. The number of allylic oxidation sites excluding steroid dienone is 4. The van der Waals surface area contributed by atoms with E-state index in [0.29, 0.717) is 0 Å². The zero-order valence-corrected chi connectivity index (χ0v) is 19.1. The highest BCUT2D eigenvalue weighted by molar-refractivity contribution is 7.80. The average Bonchev–Trinajstić information content (AvgIpc) is 3.22. The van der Waals surface area contributed by atoms with Crippen molar-refractivity contribution in [1.82, 2.24) is 0 Å². The fraction of sp³-hybridized carbons (Fsp3) is 0.0968. The molecule has 0 aliphatic heterocycles. The monoisotopic (exact) mass is 426 g/mol. The van der Waals surface area contributed by atoms with Crippen molar-refractivity contribution in [2.75, 3.05) is 0 Å². The average molecular weight is 427 g/mol. The van der Waals surface area contributed by atoms with Gasteiger partial charge in [-0.3, -0.25) is 0 Å². The molecule has 0 N–H and O–H groups in total. The Balaban J connectivity index is 1.43. The molecule has 0 unspecified atom stereocenters. The molecule has 3 aromatic carbocycles. The summed E-state index contributed by atoms with van der Waals surface area (Å²) in [5, 5.41) is 0. The lowest BCUT2D eigenvalue weighted by Crippen LogP contribution is -1.85. The molecule has 0 fully saturated rings. The van der Waals surface area contributed by atoms with Gasteiger partial charge >= 0.3 is 0 Å². The van der Waals surface area contributed by atoms with E-state index in [1.165, 1.54) is 11.1 Å². The van der Waals surface area contributed by atoms with Gasteiger partial charge in [0, 0.05) is 44.7 Å². The summed E-state index contributed by atoms with van der Waals surface area (Å²) in [5.41, 5.74) is 8.59. The topological polar surface area (TPSA) is 0 Å². The van der Waals surface area contributed by atoms with Gasteiger partial charge in [0.2, 0.25) is 0 Å². The third kappa shape index (κ3) is 5.86. The molecule has 0 atom stereocenters. The number of rotatable bonds is 0. The zero-order valence-electron chi connectivity index (χ0n) is 18.2. The van der Waals surface area contributed by atoms with Crippen LogP contribution in [0.25, 0.3) is 0 Å². The number of hydrogen-bond donors (Lipinski definition) is 1. The largest absolute Gasteiger partial charge is 0.143 e. The predicted molar refractivity (Wildman–Crippen MR) is 137 cm³/mol. The van der Waals surface area contributed by atoms with Gasteiger partial charge in [0.05, 0.1) is 0 Å². The Hall–Kier alpha value is -3.83. The normalized spacial score (nSPS) is 11.7. The van der Waals surface area contributed by atoms with Gasteiger partial charge in [-0.1, -0.05) is 53.2 Å². The summed E-state index contributed by atoms with van der Waals surface area (Å²) in [6.07, 6.45) is 5.19. The Morgan fingerprint density at radius 2 is 1.12 bits per heavy atom. The van der Waals surface area contributed by atoms with E-state index in [4.69, 9.17) is 0 Å². The van der Waals surface area contributed by atoms with Crippen molar-refractivity contribution in [1.29, 1.82) is 0 Å². The molecule has 0 bridgehead atoms. The van der Waals surface area contributed by atoms with Crippen molar-refractivity contribution in [3.8, 4) is 35.5 Å². The molecule has 4 rings (SSSR count). The van der Waals surface area contributed by atoms with E-state index in [0.717, 1.165) is 44.7 Å². The first-order chi connectivity index (χ1) is 15.5. The highest BCUT2D eigenvalue weighted by Crippen LogP contribution is 2.17. The second kappa shape index (κ2) is 9.98. The molecule has 1 aliphatic carbocycles. The van der Waals surface area contributed by atoms with E-state index in [2.05, 4.69) is 80.2 Å². The van der Waals surface area contributed by atoms with E-state index in [1.807, 2.05) is 60.7 Å². The van der Waals surface area contributed by atoms with Crippen molar-refractivity contribution in [2.45, 2.75) is 25.2 Å². The summed E-state index contributed by atoms with van der Waals surface area (Å²) >= 11 is 4.30. The Morgan fingerprint density at radius 1 is 0.594 bits per heavy atom. The van der Waals surface area contributed by atoms with Crippen LogP contribution in [0.1, 0.15) is 46.7 Å². The molecule has 0 radical (unpaired) electrons. The van der Waals surface area contributed by atoms with Crippen LogP contribution in [0.4, 0.5) is 0 Å². The Labute approximate surface area is 196 Å². The van der Waals surface area contributed by atoms with E-state index < -0.39 is 0 Å². The smallest absolute Gasteiger partial charge is 0.0279 e. The van der Waals surface area contributed by atoms with Crippen LogP contribution in [0.15, 0.2) is 94.9 Å². The molecule has 0 spiro atoms. The second-order valence-electron chi connectivity index (χ2n) is 7.79. The third-order valence-corrected chi connectivity index (χ3v) is 5.38. The Morgan fingerprint density at radius 3 is 1.72 bits per heavy atom. The number of aryl methyl sites for hydroxylation is 1. The molecule has 152 valence electrons. The van der Waals surface area contributed by atoms with E-state index >= 15 is 0 Å². The zero-order chi connectivity index (χ0) is 22.3. The van der Waals surface area contributed by atoms with Gasteiger partial charge in [-0.2, -0.15) is 0 Å². The van der Waals surface area contributed by atoms with Crippen LogP contribution in [0.3, 0.4) is 0 Å². The molecular weight excluding hydrogens is 404 g/mol. The molecule has 0 amide bonds. The molecule has 0 aromatic heterocycles. The molecule has 1 heteroatoms. The maximum absolute atomic E-state index is 4.30. The SMILES string of the molecule is CC1=CC=C(C#Cc2ccc(C#Cc3ccc(C#Cc4ccc(S)cc4)cc3C)cc2)C1. The van der Waals surface area contributed by atoms with E-state index in [1.54, 1.807) is 0 Å². The van der Waals surface area contributed by atoms with Crippen LogP contribution in [-0.2, 0) is 0 Å². The fourth-order valence-electron chi connectivity index (χ4n) is 3.25. The molecular formula is C31H22S. The van der Waals surface area contributed by atoms with Crippen LogP contribution >= 0.6 is 12.6 Å². The van der Waals surface area contributed by atoms with Gasteiger partial charge in [0.15, 0.2) is 0 Å². The fourth-order valence-corrected chi connectivity index (χ4v) is 3.40. The molecule has 3 aromatic rings. The number of hydrogen-bond acceptors (Lipinski definition) is 1. The highest BCUT2D eigenvalue weighted by atomic mass is 32.1. The van der Waals surface area contributed by atoms with Crippen molar-refractivity contribution >= 4 is 12.6 Å². The molecule has 0 heterocycles. The number of thiol groups is 1. The van der Waals surface area contributed by atoms with Crippen molar-refractivity contribution in [3.63, 3.8) is 0 Å². The first-order valence-electron chi connectivity index (χ1n) is 10.5. The maximum Gasteiger partial charge on any atom is 0.0279 e. The summed E-state index contributed by atoms with van der Waals surface area (Å²) in [7, 11) is 0. The lowest BCUT2D eigenvalue weighted by atomic mass is 10.0. The summed E-state index contributed by atoms with van der Waals surface area (Å²) in [6, 6.07) is 22.1. The summed E-state index contributed by atoms with van der Waals surface area (Å²) in [5.74, 6) is 19.4. The summed E-state index contributed by atoms with van der Waals surface area (Å²) < 4.78 is 0. The van der Waals surface area contributed by atoms with Crippen LogP contribution in [-0.4, -0.2) is 0 Å². The van der Waals surface area contributed by atoms with Gasteiger partial charge in [-0.15, -0.1) is 12.6 Å². The highest BCUT2D eigenvalue weighted by Gasteiger charge is 2.00. The quantitative estimate of drug-likeness (QED) is 0.300. The van der Waals surface area contributed by atoms with Gasteiger partial charge in [0.25, 0.3) is 0 Å². The maximum atomic E-state index is 4.30. The molecule has 0 saturated heterocycles. The van der Waals surface area contributed by atoms with E-state index in [-0.39, 0.29) is 0 Å². The van der Waals surface area contributed by atoms with Gasteiger partial charge in [0.1, 0.15) is 0 Å². The van der Waals surface area contributed by atoms with Crippen LogP contribution in [0.5, 0.6) is 0 Å². The van der Waals surface area contributed by atoms with Gasteiger partial charge < -0.3 is 0 Å². The van der Waals surface area contributed by atoms with Crippen LogP contribution in [0, 0.1) is 42.4 Å². The third-order valence-electron chi connectivity index (χ3n) is 5.08. The Bertz CT molecular complexity index is 1400. The van der Waals surface area contributed by atoms with Crippen molar-refractivity contribution in [2.24, 2.45) is 0 Å². The van der Waals surface area contributed by atoms with E-state index in [9.17, 15) is 0 Å². The first kappa shape index (κ1) is 21.4. The number of benzene rings is 3.